The van der Waals surface area contributed by atoms with Crippen molar-refractivity contribution in [2.24, 2.45) is 0 Å². The fraction of sp³-hybridized carbons (Fsp3) is 0.0909. The molecule has 0 aliphatic carbocycles. The molecule has 1 aromatic heterocycles. The number of rotatable bonds is 2. The number of nitrogens with zero attached hydrogens (tertiary/aromatic N) is 2. The van der Waals surface area contributed by atoms with E-state index in [1.54, 1.807) is 24.4 Å². The van der Waals surface area contributed by atoms with Crippen molar-refractivity contribution in [1.82, 2.24) is 4.98 Å². The largest absolute Gasteiger partial charge is 0.375 e. The molecule has 2 N–H and O–H groups in total. The van der Waals surface area contributed by atoms with Gasteiger partial charge in [-0.05, 0) is 23.8 Å². The van der Waals surface area contributed by atoms with Crippen LogP contribution in [0, 0.1) is 11.3 Å². The maximum Gasteiger partial charge on any atom is 0.180 e. The summed E-state index contributed by atoms with van der Waals surface area (Å²) < 4.78 is 0. The van der Waals surface area contributed by atoms with Crippen molar-refractivity contribution in [3.63, 3.8) is 0 Å². The first kappa shape index (κ1) is 10.9. The lowest BCUT2D eigenvalue weighted by atomic mass is 10.1. The minimum atomic E-state index is 0.544. The van der Waals surface area contributed by atoms with Crippen LogP contribution in [0.5, 0.6) is 0 Å². The van der Waals surface area contributed by atoms with E-state index in [9.17, 15) is 0 Å². The summed E-state index contributed by atoms with van der Waals surface area (Å²) in [7, 11) is 0. The van der Waals surface area contributed by atoms with Gasteiger partial charge < -0.3 is 5.73 Å². The quantitative estimate of drug-likeness (QED) is 0.890. The highest BCUT2D eigenvalue weighted by Crippen LogP contribution is 2.24. The third-order valence-electron chi connectivity index (χ3n) is 2.11. The zero-order valence-corrected chi connectivity index (χ0v) is 9.85. The Morgan fingerprint density at radius 2 is 2.31 bits per heavy atom. The Bertz CT molecular complexity index is 557. The van der Waals surface area contributed by atoms with Crippen LogP contribution in [0.1, 0.15) is 16.0 Å². The maximum absolute atomic E-state index is 8.80. The molecule has 0 amide bonds. The van der Waals surface area contributed by atoms with E-state index in [1.807, 2.05) is 0 Å². The van der Waals surface area contributed by atoms with Crippen molar-refractivity contribution >= 4 is 28.1 Å². The Morgan fingerprint density at radius 3 is 2.94 bits per heavy atom. The maximum atomic E-state index is 8.80. The second-order valence-corrected chi connectivity index (χ2v) is 4.81. The number of halogens is 1. The van der Waals surface area contributed by atoms with Crippen molar-refractivity contribution in [2.45, 2.75) is 6.42 Å². The van der Waals surface area contributed by atoms with Gasteiger partial charge in [-0.25, -0.2) is 4.98 Å². The zero-order chi connectivity index (χ0) is 11.5. The Kier molecular flexibility index (Phi) is 3.09. The van der Waals surface area contributed by atoms with Crippen LogP contribution in [0.3, 0.4) is 0 Å². The summed E-state index contributed by atoms with van der Waals surface area (Å²) >= 11 is 7.48. The van der Waals surface area contributed by atoms with Crippen LogP contribution >= 0.6 is 22.9 Å². The molecular weight excluding hydrogens is 242 g/mol. The number of nitrogens with two attached hydrogens (primary N) is 1. The highest BCUT2D eigenvalue weighted by molar-refractivity contribution is 7.15. The first-order valence-corrected chi connectivity index (χ1v) is 5.77. The van der Waals surface area contributed by atoms with E-state index in [4.69, 9.17) is 22.6 Å². The molecule has 16 heavy (non-hydrogen) atoms. The number of thiazole rings is 1. The minimum Gasteiger partial charge on any atom is -0.375 e. The second-order valence-electron chi connectivity index (χ2n) is 3.26. The average Bonchev–Trinajstić information content (AvgIpc) is 2.67. The number of nitrogen functional groups attached to an aromatic ring is 1. The first-order valence-electron chi connectivity index (χ1n) is 4.58. The SMILES string of the molecule is N#Cc1ccc(Cl)c(Cc2cnc(N)s2)c1. The van der Waals surface area contributed by atoms with Gasteiger partial charge in [0.2, 0.25) is 0 Å². The molecule has 1 heterocycles. The molecule has 0 aliphatic heterocycles. The molecule has 0 saturated carbocycles. The molecule has 5 heteroatoms. The van der Waals surface area contributed by atoms with E-state index >= 15 is 0 Å². The standard InChI is InChI=1S/C11H8ClN3S/c12-10-2-1-7(5-13)3-8(10)4-9-6-15-11(14)16-9/h1-3,6H,4H2,(H2,14,15). The molecule has 0 aliphatic rings. The molecule has 80 valence electrons. The summed E-state index contributed by atoms with van der Waals surface area (Å²) in [6, 6.07) is 7.32. The number of benzene rings is 1. The molecule has 3 nitrogen and oxygen atoms in total. The van der Waals surface area contributed by atoms with E-state index in [-0.39, 0.29) is 0 Å². The van der Waals surface area contributed by atoms with Crippen LogP contribution in [0.4, 0.5) is 5.13 Å². The summed E-state index contributed by atoms with van der Waals surface area (Å²) in [5.74, 6) is 0. The van der Waals surface area contributed by atoms with Crippen molar-refractivity contribution < 1.29 is 0 Å². The fourth-order valence-electron chi connectivity index (χ4n) is 1.37. The van der Waals surface area contributed by atoms with Crippen LogP contribution in [-0.2, 0) is 6.42 Å². The van der Waals surface area contributed by atoms with Crippen molar-refractivity contribution in [1.29, 1.82) is 5.26 Å². The van der Waals surface area contributed by atoms with Crippen molar-refractivity contribution in [3.05, 3.63) is 45.4 Å². The van der Waals surface area contributed by atoms with Gasteiger partial charge >= 0.3 is 0 Å². The monoisotopic (exact) mass is 249 g/mol. The molecule has 0 saturated heterocycles. The zero-order valence-electron chi connectivity index (χ0n) is 8.27. The smallest absolute Gasteiger partial charge is 0.180 e. The van der Waals surface area contributed by atoms with Gasteiger partial charge in [0.15, 0.2) is 5.13 Å². The number of hydrogen-bond acceptors (Lipinski definition) is 4. The first-order chi connectivity index (χ1) is 7.69. The molecule has 2 rings (SSSR count). The van der Waals surface area contributed by atoms with Crippen molar-refractivity contribution in [2.75, 3.05) is 5.73 Å². The summed E-state index contributed by atoms with van der Waals surface area (Å²) in [5, 5.41) is 10.0. The number of anilines is 1. The summed E-state index contributed by atoms with van der Waals surface area (Å²) in [6.07, 6.45) is 2.39. The topological polar surface area (TPSA) is 62.7 Å². The van der Waals surface area contributed by atoms with Gasteiger partial charge in [0.25, 0.3) is 0 Å². The van der Waals surface area contributed by atoms with Gasteiger partial charge in [0.1, 0.15) is 0 Å². The highest BCUT2D eigenvalue weighted by atomic mass is 35.5. The molecule has 0 spiro atoms. The van der Waals surface area contributed by atoms with Gasteiger partial charge in [0.05, 0.1) is 11.6 Å². The number of hydrogen-bond donors (Lipinski definition) is 1. The van der Waals surface area contributed by atoms with Gasteiger partial charge in [0, 0.05) is 22.5 Å². The lowest BCUT2D eigenvalue weighted by Crippen LogP contribution is -1.88. The minimum absolute atomic E-state index is 0.544. The predicted molar refractivity (Wildman–Crippen MR) is 65.5 cm³/mol. The molecule has 0 atom stereocenters. The Hall–Kier alpha value is -1.57. The molecule has 0 bridgehead atoms. The van der Waals surface area contributed by atoms with Crippen molar-refractivity contribution in [3.8, 4) is 6.07 Å². The van der Waals surface area contributed by atoms with E-state index in [2.05, 4.69) is 11.1 Å². The average molecular weight is 250 g/mol. The molecule has 0 radical (unpaired) electrons. The molecule has 0 fully saturated rings. The fourth-order valence-corrected chi connectivity index (χ4v) is 2.26. The highest BCUT2D eigenvalue weighted by Gasteiger charge is 2.05. The molecule has 1 aromatic carbocycles. The number of aromatic nitrogens is 1. The molecule has 2 aromatic rings. The van der Waals surface area contributed by atoms with Gasteiger partial charge in [-0.3, -0.25) is 0 Å². The second kappa shape index (κ2) is 4.52. The lowest BCUT2D eigenvalue weighted by Gasteiger charge is -2.02. The Labute approximate surface area is 102 Å². The van der Waals surface area contributed by atoms with Gasteiger partial charge in [-0.1, -0.05) is 11.6 Å². The van der Waals surface area contributed by atoms with Gasteiger partial charge in [-0.2, -0.15) is 5.26 Å². The van der Waals surface area contributed by atoms with Gasteiger partial charge in [-0.15, -0.1) is 11.3 Å². The third-order valence-corrected chi connectivity index (χ3v) is 3.31. The van der Waals surface area contributed by atoms with Crippen LogP contribution in [0.2, 0.25) is 5.02 Å². The van der Waals surface area contributed by atoms with E-state index in [0.717, 1.165) is 10.4 Å². The molecule has 0 unspecified atom stereocenters. The van der Waals surface area contributed by atoms with E-state index in [0.29, 0.717) is 22.1 Å². The number of nitriles is 1. The third kappa shape index (κ3) is 2.32. The van der Waals surface area contributed by atoms with Crippen LogP contribution in [0.15, 0.2) is 24.4 Å². The van der Waals surface area contributed by atoms with Crippen LogP contribution in [-0.4, -0.2) is 4.98 Å². The predicted octanol–water partition coefficient (Wildman–Crippen LogP) is 2.84. The summed E-state index contributed by atoms with van der Waals surface area (Å²) in [4.78, 5) is 5.01. The summed E-state index contributed by atoms with van der Waals surface area (Å²) in [5.41, 5.74) is 7.08. The normalized spacial score (nSPS) is 10.0. The van der Waals surface area contributed by atoms with Crippen LogP contribution in [0.25, 0.3) is 0 Å². The van der Waals surface area contributed by atoms with Crippen LogP contribution < -0.4 is 5.73 Å². The Morgan fingerprint density at radius 1 is 1.50 bits per heavy atom. The summed E-state index contributed by atoms with van der Waals surface area (Å²) in [6.45, 7) is 0. The van der Waals surface area contributed by atoms with E-state index in [1.165, 1.54) is 11.3 Å². The van der Waals surface area contributed by atoms with E-state index < -0.39 is 0 Å². The Balaban J connectivity index is 2.30. The molecular formula is C11H8ClN3S. The lowest BCUT2D eigenvalue weighted by molar-refractivity contribution is 1.21.